The van der Waals surface area contributed by atoms with E-state index in [1.54, 1.807) is 5.51 Å². The lowest BCUT2D eigenvalue weighted by Crippen LogP contribution is -2.48. The number of thiazole rings is 1. The van der Waals surface area contributed by atoms with Gasteiger partial charge in [-0.25, -0.2) is 4.98 Å². The smallest absolute Gasteiger partial charge is 0.263 e. The van der Waals surface area contributed by atoms with Crippen molar-refractivity contribution in [2.45, 2.75) is 19.4 Å². The Kier molecular flexibility index (Phi) is 4.73. The van der Waals surface area contributed by atoms with Crippen LogP contribution in [0.3, 0.4) is 0 Å². The first kappa shape index (κ1) is 13.1. The Morgan fingerprint density at radius 3 is 2.60 bits per heavy atom. The summed E-state index contributed by atoms with van der Waals surface area (Å²) in [5.41, 5.74) is 2.20. The van der Waals surface area contributed by atoms with E-state index in [1.807, 2.05) is 13.8 Å². The highest BCUT2D eigenvalue weighted by Gasteiger charge is 2.25. The van der Waals surface area contributed by atoms with Crippen LogP contribution in [0.5, 0.6) is 0 Å². The van der Waals surface area contributed by atoms with Crippen molar-refractivity contribution in [1.82, 2.24) is 10.3 Å². The highest BCUT2D eigenvalue weighted by atomic mass is 79.9. The van der Waals surface area contributed by atoms with E-state index in [0.29, 0.717) is 15.5 Å². The fraction of sp³-hybridized carbons (Fsp3) is 0.556. The summed E-state index contributed by atoms with van der Waals surface area (Å²) in [6.45, 7) is 3.82. The summed E-state index contributed by atoms with van der Waals surface area (Å²) in [7, 11) is 0. The summed E-state index contributed by atoms with van der Waals surface area (Å²) in [5.74, 6) is -0.0589. The maximum Gasteiger partial charge on any atom is 0.263 e. The number of carbonyl (C=O) groups is 1. The van der Waals surface area contributed by atoms with E-state index < -0.39 is 0 Å². The normalized spacial score (nSPS) is 11.5. The molecule has 1 heterocycles. The van der Waals surface area contributed by atoms with Gasteiger partial charge in [-0.05, 0) is 13.8 Å². The highest BCUT2D eigenvalue weighted by molar-refractivity contribution is 9.09. The molecule has 0 spiro atoms. The highest BCUT2D eigenvalue weighted by Crippen LogP contribution is 2.16. The van der Waals surface area contributed by atoms with Crippen molar-refractivity contribution in [1.29, 1.82) is 0 Å². The van der Waals surface area contributed by atoms with Crippen LogP contribution >= 0.6 is 43.2 Å². The summed E-state index contributed by atoms with van der Waals surface area (Å²) in [5, 5.41) is 4.38. The number of amides is 1. The zero-order chi connectivity index (χ0) is 11.5. The maximum atomic E-state index is 11.9. The molecule has 1 aromatic heterocycles. The van der Waals surface area contributed by atoms with Gasteiger partial charge in [-0.1, -0.05) is 31.9 Å². The Morgan fingerprint density at radius 2 is 2.20 bits per heavy atom. The molecule has 0 unspecified atom stereocenters. The van der Waals surface area contributed by atoms with E-state index in [-0.39, 0.29) is 11.4 Å². The van der Waals surface area contributed by atoms with E-state index in [0.717, 1.165) is 5.69 Å². The molecule has 0 aliphatic rings. The molecule has 1 aromatic rings. The lowest BCUT2D eigenvalue weighted by Gasteiger charge is -2.26. The zero-order valence-electron chi connectivity index (χ0n) is 8.51. The zero-order valence-corrected chi connectivity index (χ0v) is 12.5. The quantitative estimate of drug-likeness (QED) is 0.844. The second-order valence-corrected chi connectivity index (χ2v) is 5.53. The van der Waals surface area contributed by atoms with E-state index >= 15 is 0 Å². The van der Waals surface area contributed by atoms with Gasteiger partial charge in [-0.3, -0.25) is 4.79 Å². The van der Waals surface area contributed by atoms with Crippen LogP contribution in [0.25, 0.3) is 0 Å². The predicted molar refractivity (Wildman–Crippen MR) is 70.3 cm³/mol. The molecule has 15 heavy (non-hydrogen) atoms. The molecular formula is C9H12Br2N2OS. The van der Waals surface area contributed by atoms with Crippen molar-refractivity contribution >= 4 is 49.1 Å². The van der Waals surface area contributed by atoms with Crippen LogP contribution in [0.2, 0.25) is 0 Å². The van der Waals surface area contributed by atoms with E-state index in [9.17, 15) is 4.79 Å². The summed E-state index contributed by atoms with van der Waals surface area (Å²) < 4.78 is 0. The Balaban J connectivity index is 2.76. The van der Waals surface area contributed by atoms with Gasteiger partial charge in [0.25, 0.3) is 5.91 Å². The summed E-state index contributed by atoms with van der Waals surface area (Å²) in [6, 6.07) is 0. The van der Waals surface area contributed by atoms with Crippen LogP contribution in [-0.2, 0) is 0 Å². The fourth-order valence-electron chi connectivity index (χ4n) is 0.953. The van der Waals surface area contributed by atoms with Crippen molar-refractivity contribution in [2.75, 3.05) is 10.7 Å². The number of aryl methyl sites for hydroxylation is 1. The Labute approximate surface area is 110 Å². The van der Waals surface area contributed by atoms with Gasteiger partial charge in [0, 0.05) is 10.7 Å². The average molecular weight is 356 g/mol. The first-order chi connectivity index (χ1) is 7.02. The first-order valence-electron chi connectivity index (χ1n) is 4.37. The van der Waals surface area contributed by atoms with Crippen LogP contribution in [0, 0.1) is 6.92 Å². The molecule has 84 valence electrons. The van der Waals surface area contributed by atoms with E-state index in [1.165, 1.54) is 11.3 Å². The Morgan fingerprint density at radius 1 is 1.60 bits per heavy atom. The van der Waals surface area contributed by atoms with Gasteiger partial charge in [0.1, 0.15) is 4.88 Å². The molecule has 0 radical (unpaired) electrons. The van der Waals surface area contributed by atoms with Crippen LogP contribution in [0.1, 0.15) is 22.3 Å². The molecule has 1 amide bonds. The average Bonchev–Trinajstić information content (AvgIpc) is 2.64. The van der Waals surface area contributed by atoms with Crippen LogP contribution < -0.4 is 5.32 Å². The second kappa shape index (κ2) is 5.41. The van der Waals surface area contributed by atoms with Gasteiger partial charge >= 0.3 is 0 Å². The number of hydrogen-bond acceptors (Lipinski definition) is 3. The molecule has 0 saturated carbocycles. The molecule has 6 heteroatoms. The van der Waals surface area contributed by atoms with Gasteiger partial charge < -0.3 is 5.32 Å². The van der Waals surface area contributed by atoms with E-state index in [2.05, 4.69) is 42.2 Å². The van der Waals surface area contributed by atoms with Crippen LogP contribution in [0.4, 0.5) is 0 Å². The molecule has 0 aliphatic carbocycles. The van der Waals surface area contributed by atoms with Gasteiger partial charge in [0.2, 0.25) is 0 Å². The molecule has 0 aliphatic heterocycles. The minimum absolute atomic E-state index is 0.0589. The molecular weight excluding hydrogens is 344 g/mol. The topological polar surface area (TPSA) is 42.0 Å². The molecule has 0 atom stereocenters. The molecule has 0 saturated heterocycles. The molecule has 0 bridgehead atoms. The molecule has 1 N–H and O–H groups in total. The largest absolute Gasteiger partial charge is 0.344 e. The third-order valence-corrected chi connectivity index (χ3v) is 5.36. The standard InChI is InChI=1S/C9H12Br2N2OS/c1-6-7(15-5-12-6)8(14)13-9(2,3-10)4-11/h5H,3-4H2,1-2H3,(H,13,14). The number of alkyl halides is 2. The number of carbonyl (C=O) groups excluding carboxylic acids is 1. The minimum Gasteiger partial charge on any atom is -0.344 e. The number of nitrogens with zero attached hydrogens (tertiary/aromatic N) is 1. The van der Waals surface area contributed by atoms with Crippen LogP contribution in [0.15, 0.2) is 5.51 Å². The van der Waals surface area contributed by atoms with Crippen LogP contribution in [-0.4, -0.2) is 27.1 Å². The third kappa shape index (κ3) is 3.26. The molecule has 1 rings (SSSR count). The summed E-state index contributed by atoms with van der Waals surface area (Å²) in [4.78, 5) is 16.6. The third-order valence-electron chi connectivity index (χ3n) is 1.96. The number of nitrogens with one attached hydrogen (secondary N) is 1. The monoisotopic (exact) mass is 354 g/mol. The molecule has 3 nitrogen and oxygen atoms in total. The van der Waals surface area contributed by atoms with Crippen molar-refractivity contribution < 1.29 is 4.79 Å². The fourth-order valence-corrected chi connectivity index (χ4v) is 2.86. The van der Waals surface area contributed by atoms with E-state index in [4.69, 9.17) is 0 Å². The number of halogens is 2. The molecule has 0 aromatic carbocycles. The van der Waals surface area contributed by atoms with Crippen molar-refractivity contribution in [2.24, 2.45) is 0 Å². The number of aromatic nitrogens is 1. The molecule has 0 fully saturated rings. The SMILES string of the molecule is Cc1ncsc1C(=O)NC(C)(CBr)CBr. The van der Waals surface area contributed by atoms with Crippen molar-refractivity contribution in [3.8, 4) is 0 Å². The van der Waals surface area contributed by atoms with Gasteiger partial charge in [0.15, 0.2) is 0 Å². The lowest BCUT2D eigenvalue weighted by molar-refractivity contribution is 0.0926. The summed E-state index contributed by atoms with van der Waals surface area (Å²) >= 11 is 8.14. The predicted octanol–water partition coefficient (Wildman–Crippen LogP) is 2.73. The van der Waals surface area contributed by atoms with Crippen molar-refractivity contribution in [3.05, 3.63) is 16.1 Å². The van der Waals surface area contributed by atoms with Crippen molar-refractivity contribution in [3.63, 3.8) is 0 Å². The van der Waals surface area contributed by atoms with Gasteiger partial charge in [0.05, 0.1) is 16.7 Å². The minimum atomic E-state index is -0.270. The lowest BCUT2D eigenvalue weighted by atomic mass is 10.1. The van der Waals surface area contributed by atoms with Gasteiger partial charge in [-0.2, -0.15) is 0 Å². The Bertz CT molecular complexity index is 350. The second-order valence-electron chi connectivity index (χ2n) is 3.55. The number of hydrogen-bond donors (Lipinski definition) is 1. The van der Waals surface area contributed by atoms with Gasteiger partial charge in [-0.15, -0.1) is 11.3 Å². The summed E-state index contributed by atoms with van der Waals surface area (Å²) in [6.07, 6.45) is 0. The number of rotatable bonds is 4. The first-order valence-corrected chi connectivity index (χ1v) is 7.49. The maximum absolute atomic E-state index is 11.9. The Hall–Kier alpha value is 0.0600.